The van der Waals surface area contributed by atoms with Crippen molar-refractivity contribution in [3.05, 3.63) is 11.1 Å². The van der Waals surface area contributed by atoms with Crippen molar-refractivity contribution in [2.75, 3.05) is 12.3 Å². The number of anilines is 1. The molecule has 1 aromatic heterocycles. The molecule has 0 aromatic carbocycles. The van der Waals surface area contributed by atoms with E-state index >= 15 is 0 Å². The van der Waals surface area contributed by atoms with Crippen molar-refractivity contribution < 1.29 is 46.8 Å². The van der Waals surface area contributed by atoms with Crippen LogP contribution in [0.5, 0.6) is 0 Å². The monoisotopic (exact) mass is 493 g/mol. The van der Waals surface area contributed by atoms with Crippen LogP contribution in [0.15, 0.2) is 10.5 Å². The summed E-state index contributed by atoms with van der Waals surface area (Å²) in [6, 6.07) is -2.97. The van der Waals surface area contributed by atoms with E-state index in [0.717, 1.165) is 18.3 Å². The molecule has 0 saturated carbocycles. The largest absolute Gasteiger partial charge is 0.478 e. The van der Waals surface area contributed by atoms with E-state index in [1.165, 1.54) is 19.2 Å². The van der Waals surface area contributed by atoms with Crippen LogP contribution in [0, 0.1) is 0 Å². The van der Waals surface area contributed by atoms with Gasteiger partial charge in [0.25, 0.3) is 11.8 Å². The number of thiazole rings is 1. The molecule has 0 radical (unpaired) electrons. The predicted octanol–water partition coefficient (Wildman–Crippen LogP) is -1.63. The minimum atomic E-state index is -5.00. The number of carboxylic acid groups (broad SMARTS) is 1. The highest BCUT2D eigenvalue weighted by Crippen LogP contribution is 2.24. The molecule has 32 heavy (non-hydrogen) atoms. The van der Waals surface area contributed by atoms with E-state index in [9.17, 15) is 32.1 Å². The predicted molar refractivity (Wildman–Crippen MR) is 107 cm³/mol. The number of hydrogen-bond donors (Lipinski definition) is 4. The third-order valence-electron chi connectivity index (χ3n) is 4.02. The quantitative estimate of drug-likeness (QED) is 0.0999. The van der Waals surface area contributed by atoms with E-state index in [0.29, 0.717) is 0 Å². The number of nitrogen functional groups attached to an aromatic ring is 1. The fraction of sp³-hybridized carbons (Fsp3) is 0.467. The van der Waals surface area contributed by atoms with Gasteiger partial charge in [0, 0.05) is 12.3 Å². The molecule has 17 heteroatoms. The van der Waals surface area contributed by atoms with Gasteiger partial charge in [-0.25, -0.2) is 14.1 Å². The number of hydrogen-bond acceptors (Lipinski definition) is 12. The third-order valence-corrected chi connectivity index (χ3v) is 5.64. The maximum absolute atomic E-state index is 12.8. The van der Waals surface area contributed by atoms with Gasteiger partial charge in [0.15, 0.2) is 10.8 Å². The highest BCUT2D eigenvalue weighted by Gasteiger charge is 2.54. The number of ether oxygens (including phenoxy) is 1. The topological polar surface area (TPSA) is 228 Å². The van der Waals surface area contributed by atoms with Crippen molar-refractivity contribution >= 4 is 56.2 Å². The number of carboxylic acids is 1. The van der Waals surface area contributed by atoms with Crippen LogP contribution in [-0.4, -0.2) is 81.1 Å². The maximum atomic E-state index is 12.8. The van der Waals surface area contributed by atoms with E-state index in [4.69, 9.17) is 20.4 Å². The number of aliphatic carboxylic acids is 1. The SMILES string of the molecule is CC(=O)OC[C@H]1[C@@H](NC(=O)/C(=N/OC(C)(C)C(=O)O)c2csc(N)n2)C(=O)N1S(=O)(=O)O. The van der Waals surface area contributed by atoms with Gasteiger partial charge in [-0.3, -0.25) is 18.9 Å². The lowest BCUT2D eigenvalue weighted by atomic mass is 9.99. The summed E-state index contributed by atoms with van der Waals surface area (Å²) in [5, 5.41) is 16.2. The number of β-lactam (4-membered cyclic amide) rings is 1. The average Bonchev–Trinajstić information content (AvgIpc) is 3.07. The molecule has 2 amide bonds. The molecule has 1 fully saturated rings. The molecule has 5 N–H and O–H groups in total. The molecular formula is C15H19N5O10S2. The zero-order valence-electron chi connectivity index (χ0n) is 16.8. The normalized spacial score (nSPS) is 19.2. The zero-order valence-corrected chi connectivity index (χ0v) is 18.5. The Hall–Kier alpha value is -3.31. The fourth-order valence-electron chi connectivity index (χ4n) is 2.34. The van der Waals surface area contributed by atoms with Gasteiger partial charge in [0.1, 0.15) is 24.4 Å². The molecule has 1 aliphatic heterocycles. The van der Waals surface area contributed by atoms with Crippen molar-refractivity contribution in [1.82, 2.24) is 14.6 Å². The number of esters is 1. The van der Waals surface area contributed by atoms with Crippen LogP contribution in [0.4, 0.5) is 5.13 Å². The molecular weight excluding hydrogens is 474 g/mol. The highest BCUT2D eigenvalue weighted by molar-refractivity contribution is 7.84. The second kappa shape index (κ2) is 9.05. The van der Waals surface area contributed by atoms with Gasteiger partial charge in [-0.15, -0.1) is 11.3 Å². The summed E-state index contributed by atoms with van der Waals surface area (Å²) in [6.07, 6.45) is 0. The maximum Gasteiger partial charge on any atom is 0.362 e. The first-order chi connectivity index (χ1) is 14.6. The van der Waals surface area contributed by atoms with Crippen LogP contribution >= 0.6 is 11.3 Å². The number of rotatable bonds is 9. The number of nitrogens with zero attached hydrogens (tertiary/aromatic N) is 3. The lowest BCUT2D eigenvalue weighted by Crippen LogP contribution is -2.73. The second-order valence-electron chi connectivity index (χ2n) is 6.85. The lowest BCUT2D eigenvalue weighted by Gasteiger charge is -2.43. The Morgan fingerprint density at radius 1 is 1.41 bits per heavy atom. The Morgan fingerprint density at radius 3 is 2.50 bits per heavy atom. The fourth-order valence-corrected chi connectivity index (χ4v) is 3.75. The summed E-state index contributed by atoms with van der Waals surface area (Å²) < 4.78 is 36.8. The summed E-state index contributed by atoms with van der Waals surface area (Å²) in [4.78, 5) is 56.1. The second-order valence-corrected chi connectivity index (χ2v) is 9.03. The van der Waals surface area contributed by atoms with E-state index in [1.54, 1.807) is 0 Å². The molecule has 1 aliphatic rings. The Bertz CT molecular complexity index is 1080. The Labute approximate surface area is 185 Å². The van der Waals surface area contributed by atoms with Crippen LogP contribution in [-0.2, 0) is 39.1 Å². The van der Waals surface area contributed by atoms with Crippen LogP contribution < -0.4 is 11.1 Å². The van der Waals surface area contributed by atoms with Gasteiger partial charge in [-0.1, -0.05) is 5.16 Å². The van der Waals surface area contributed by atoms with Crippen LogP contribution in [0.3, 0.4) is 0 Å². The van der Waals surface area contributed by atoms with Crippen molar-refractivity contribution in [2.24, 2.45) is 5.16 Å². The van der Waals surface area contributed by atoms with Crippen molar-refractivity contribution in [1.29, 1.82) is 0 Å². The minimum Gasteiger partial charge on any atom is -0.478 e. The van der Waals surface area contributed by atoms with E-state index in [-0.39, 0.29) is 15.1 Å². The van der Waals surface area contributed by atoms with Crippen molar-refractivity contribution in [3.63, 3.8) is 0 Å². The molecule has 0 unspecified atom stereocenters. The smallest absolute Gasteiger partial charge is 0.362 e. The van der Waals surface area contributed by atoms with Gasteiger partial charge in [0.2, 0.25) is 5.60 Å². The molecule has 15 nitrogen and oxygen atoms in total. The zero-order chi connectivity index (χ0) is 24.4. The standard InChI is InChI=1S/C15H19N5O10S2/c1-6(21)29-4-8-10(12(23)20(8)32(26,27)28)18-11(22)9(7-5-31-14(16)17-7)19-30-15(2,3)13(24)25/h5,8,10H,4H2,1-3H3,(H2,16,17)(H,18,22)(H,24,25)(H,26,27,28)/b19-9+/t8-,10+/m0/s1. The summed E-state index contributed by atoms with van der Waals surface area (Å²) in [5.74, 6) is -4.49. The number of oxime groups is 1. The van der Waals surface area contributed by atoms with Gasteiger partial charge in [-0.05, 0) is 13.8 Å². The molecule has 2 rings (SSSR count). The Morgan fingerprint density at radius 2 is 2.03 bits per heavy atom. The number of amides is 2. The van der Waals surface area contributed by atoms with E-state index in [2.05, 4.69) is 15.5 Å². The van der Waals surface area contributed by atoms with Gasteiger partial charge in [0.05, 0.1) is 0 Å². The Kier molecular flexibility index (Phi) is 7.06. The van der Waals surface area contributed by atoms with E-state index < -0.39 is 64.1 Å². The first-order valence-corrected chi connectivity index (χ1v) is 10.9. The third kappa shape index (κ3) is 5.48. The van der Waals surface area contributed by atoms with Crippen LogP contribution in [0.25, 0.3) is 0 Å². The number of carbonyl (C=O) groups is 4. The number of aromatic nitrogens is 1. The molecule has 0 bridgehead atoms. The van der Waals surface area contributed by atoms with Gasteiger partial charge < -0.3 is 25.7 Å². The number of carbonyl (C=O) groups excluding carboxylic acids is 3. The van der Waals surface area contributed by atoms with Crippen LogP contribution in [0.1, 0.15) is 26.5 Å². The lowest BCUT2D eigenvalue weighted by molar-refractivity contribution is -0.161. The van der Waals surface area contributed by atoms with Crippen LogP contribution in [0.2, 0.25) is 0 Å². The summed E-state index contributed by atoms with van der Waals surface area (Å²) in [6.45, 7) is 2.71. The molecule has 0 spiro atoms. The molecule has 2 atom stereocenters. The molecule has 1 aromatic rings. The summed E-state index contributed by atoms with van der Waals surface area (Å²) in [5.41, 5.74) is 3.04. The molecule has 176 valence electrons. The molecule has 2 heterocycles. The first kappa shape index (κ1) is 25.0. The summed E-state index contributed by atoms with van der Waals surface area (Å²) in [7, 11) is -5.00. The van der Waals surface area contributed by atoms with E-state index in [1.807, 2.05) is 0 Å². The van der Waals surface area contributed by atoms with Gasteiger partial charge in [-0.2, -0.15) is 8.42 Å². The number of nitrogens with one attached hydrogen (secondary N) is 1. The van der Waals surface area contributed by atoms with Crippen molar-refractivity contribution in [3.8, 4) is 0 Å². The van der Waals surface area contributed by atoms with Gasteiger partial charge >= 0.3 is 22.2 Å². The minimum absolute atomic E-state index is 0.0442. The Balaban J connectivity index is 2.32. The highest BCUT2D eigenvalue weighted by atomic mass is 32.2. The van der Waals surface area contributed by atoms with Crippen molar-refractivity contribution in [2.45, 2.75) is 38.5 Å². The molecule has 1 saturated heterocycles. The number of nitrogens with two attached hydrogens (primary N) is 1. The first-order valence-electron chi connectivity index (χ1n) is 8.61. The average molecular weight is 493 g/mol. The summed E-state index contributed by atoms with van der Waals surface area (Å²) >= 11 is 0.934. The molecule has 0 aliphatic carbocycles.